The number of amidine groups is 1. The van der Waals surface area contributed by atoms with Crippen molar-refractivity contribution in [3.8, 4) is 5.75 Å². The molecule has 1 rings (SSSR count). The third-order valence-electron chi connectivity index (χ3n) is 1.34. The zero-order valence-electron chi connectivity index (χ0n) is 5.94. The van der Waals surface area contributed by atoms with Crippen LogP contribution in [0.4, 0.5) is 4.39 Å². The summed E-state index contributed by atoms with van der Waals surface area (Å²) in [6, 6.07) is 2.10. The molecule has 0 saturated carbocycles. The number of rotatable bonds is 1. The van der Waals surface area contributed by atoms with E-state index in [2.05, 4.69) is 0 Å². The molecule has 0 aromatic heterocycles. The van der Waals surface area contributed by atoms with Gasteiger partial charge < -0.3 is 10.8 Å². The van der Waals surface area contributed by atoms with Crippen molar-refractivity contribution in [1.29, 1.82) is 5.41 Å². The Hall–Kier alpha value is -1.29. The highest BCUT2D eigenvalue weighted by Crippen LogP contribution is 2.27. The Morgan fingerprint density at radius 3 is 2.58 bits per heavy atom. The fourth-order valence-corrected chi connectivity index (χ4v) is 1.06. The zero-order chi connectivity index (χ0) is 9.30. The molecule has 1 aromatic carbocycles. The number of halogens is 2. The first-order chi connectivity index (χ1) is 5.54. The number of aromatic hydroxyl groups is 1. The lowest BCUT2D eigenvalue weighted by atomic mass is 10.2. The van der Waals surface area contributed by atoms with Gasteiger partial charge in [0.05, 0.1) is 10.6 Å². The van der Waals surface area contributed by atoms with Gasteiger partial charge in [-0.25, -0.2) is 4.39 Å². The molecule has 0 amide bonds. The largest absolute Gasteiger partial charge is 0.507 e. The Morgan fingerprint density at radius 2 is 2.17 bits per heavy atom. The van der Waals surface area contributed by atoms with Crippen molar-refractivity contribution in [1.82, 2.24) is 0 Å². The molecule has 1 aromatic rings. The maximum absolute atomic E-state index is 12.7. The molecular formula is C7H6ClFN2O. The quantitative estimate of drug-likeness (QED) is 0.461. The van der Waals surface area contributed by atoms with E-state index >= 15 is 0 Å². The van der Waals surface area contributed by atoms with Crippen molar-refractivity contribution in [3.05, 3.63) is 28.5 Å². The number of nitrogens with two attached hydrogens (primary N) is 1. The first-order valence-electron chi connectivity index (χ1n) is 3.05. The smallest absolute Gasteiger partial charge is 0.142 e. The average Bonchev–Trinajstić information content (AvgIpc) is 1.97. The predicted molar refractivity (Wildman–Crippen MR) is 44.1 cm³/mol. The van der Waals surface area contributed by atoms with Gasteiger partial charge in [-0.05, 0) is 12.1 Å². The molecule has 0 radical (unpaired) electrons. The van der Waals surface area contributed by atoms with Gasteiger partial charge in [0.15, 0.2) is 0 Å². The van der Waals surface area contributed by atoms with Crippen LogP contribution in [-0.4, -0.2) is 10.9 Å². The number of nitrogens with one attached hydrogen (secondary N) is 1. The van der Waals surface area contributed by atoms with Gasteiger partial charge >= 0.3 is 0 Å². The molecular weight excluding hydrogens is 183 g/mol. The molecule has 0 aliphatic rings. The highest BCUT2D eigenvalue weighted by molar-refractivity contribution is 6.34. The SMILES string of the molecule is N=C(N)c1c(O)ccc(F)c1Cl. The van der Waals surface area contributed by atoms with E-state index in [9.17, 15) is 4.39 Å². The van der Waals surface area contributed by atoms with E-state index in [0.29, 0.717) is 0 Å². The zero-order valence-corrected chi connectivity index (χ0v) is 6.69. The molecule has 0 spiro atoms. The Balaban J connectivity index is 3.43. The summed E-state index contributed by atoms with van der Waals surface area (Å²) in [6.45, 7) is 0. The molecule has 4 N–H and O–H groups in total. The van der Waals surface area contributed by atoms with Gasteiger partial charge in [0.2, 0.25) is 0 Å². The molecule has 0 atom stereocenters. The Bertz CT molecular complexity index is 340. The van der Waals surface area contributed by atoms with Crippen LogP contribution in [0.15, 0.2) is 12.1 Å². The first kappa shape index (κ1) is 8.80. The van der Waals surface area contributed by atoms with Crippen LogP contribution in [0, 0.1) is 11.2 Å². The van der Waals surface area contributed by atoms with Crippen molar-refractivity contribution in [2.45, 2.75) is 0 Å². The lowest BCUT2D eigenvalue weighted by molar-refractivity contribution is 0.472. The molecule has 12 heavy (non-hydrogen) atoms. The van der Waals surface area contributed by atoms with Crippen molar-refractivity contribution in [3.63, 3.8) is 0 Å². The summed E-state index contributed by atoms with van der Waals surface area (Å²) in [5.74, 6) is -1.47. The molecule has 64 valence electrons. The lowest BCUT2D eigenvalue weighted by Gasteiger charge is -2.04. The first-order valence-corrected chi connectivity index (χ1v) is 3.43. The Kier molecular flexibility index (Phi) is 2.19. The van der Waals surface area contributed by atoms with Crippen molar-refractivity contribution < 1.29 is 9.50 Å². The van der Waals surface area contributed by atoms with E-state index in [-0.39, 0.29) is 16.3 Å². The van der Waals surface area contributed by atoms with Crippen LogP contribution in [0.1, 0.15) is 5.56 Å². The number of phenolic OH excluding ortho intramolecular Hbond substituents is 1. The monoisotopic (exact) mass is 188 g/mol. The maximum Gasteiger partial charge on any atom is 0.142 e. The topological polar surface area (TPSA) is 70.1 Å². The van der Waals surface area contributed by atoms with Gasteiger partial charge in [0, 0.05) is 0 Å². The van der Waals surface area contributed by atoms with E-state index in [0.717, 1.165) is 12.1 Å². The molecule has 0 heterocycles. The van der Waals surface area contributed by atoms with Crippen LogP contribution >= 0.6 is 11.6 Å². The molecule has 0 fully saturated rings. The second-order valence-corrected chi connectivity index (χ2v) is 2.55. The van der Waals surface area contributed by atoms with Crippen LogP contribution < -0.4 is 5.73 Å². The summed E-state index contributed by atoms with van der Waals surface area (Å²) in [7, 11) is 0. The van der Waals surface area contributed by atoms with E-state index < -0.39 is 11.7 Å². The van der Waals surface area contributed by atoms with Gasteiger partial charge in [-0.2, -0.15) is 0 Å². The molecule has 0 unspecified atom stereocenters. The van der Waals surface area contributed by atoms with Gasteiger partial charge in [0.1, 0.15) is 17.4 Å². The highest BCUT2D eigenvalue weighted by atomic mass is 35.5. The molecule has 0 bridgehead atoms. The standard InChI is InChI=1S/C7H6ClFN2O/c8-6-3(9)1-2-4(12)5(6)7(10)11/h1-2,12H,(H3,10,11). The van der Waals surface area contributed by atoms with Gasteiger partial charge in [-0.3, -0.25) is 5.41 Å². The normalized spacial score (nSPS) is 9.83. The predicted octanol–water partition coefficient (Wildman–Crippen LogP) is 1.47. The van der Waals surface area contributed by atoms with Crippen LogP contribution in [0.2, 0.25) is 5.02 Å². The third-order valence-corrected chi connectivity index (χ3v) is 1.71. The summed E-state index contributed by atoms with van der Waals surface area (Å²) in [6.07, 6.45) is 0. The van der Waals surface area contributed by atoms with Crippen LogP contribution in [0.25, 0.3) is 0 Å². The van der Waals surface area contributed by atoms with Crippen LogP contribution in [0.5, 0.6) is 5.75 Å². The van der Waals surface area contributed by atoms with Crippen molar-refractivity contribution in [2.75, 3.05) is 0 Å². The molecule has 0 aliphatic carbocycles. The minimum Gasteiger partial charge on any atom is -0.507 e. The molecule has 0 saturated heterocycles. The number of hydrogen-bond acceptors (Lipinski definition) is 2. The van der Waals surface area contributed by atoms with E-state index in [1.807, 2.05) is 0 Å². The second-order valence-electron chi connectivity index (χ2n) is 2.17. The third kappa shape index (κ3) is 1.33. The van der Waals surface area contributed by atoms with E-state index in [4.69, 9.17) is 27.9 Å². The van der Waals surface area contributed by atoms with E-state index in [1.54, 1.807) is 0 Å². The molecule has 3 nitrogen and oxygen atoms in total. The average molecular weight is 189 g/mol. The van der Waals surface area contributed by atoms with E-state index in [1.165, 1.54) is 0 Å². The van der Waals surface area contributed by atoms with Gasteiger partial charge in [-0.1, -0.05) is 11.6 Å². The summed E-state index contributed by atoms with van der Waals surface area (Å²) in [4.78, 5) is 0. The fraction of sp³-hybridized carbons (Fsp3) is 0. The number of hydrogen-bond donors (Lipinski definition) is 3. The molecule has 0 aliphatic heterocycles. The van der Waals surface area contributed by atoms with Crippen molar-refractivity contribution >= 4 is 17.4 Å². The highest BCUT2D eigenvalue weighted by Gasteiger charge is 2.13. The van der Waals surface area contributed by atoms with Crippen molar-refractivity contribution in [2.24, 2.45) is 5.73 Å². The second kappa shape index (κ2) is 2.98. The van der Waals surface area contributed by atoms with Gasteiger partial charge in [-0.15, -0.1) is 0 Å². The minimum atomic E-state index is -0.709. The summed E-state index contributed by atoms with van der Waals surface area (Å²) in [5.41, 5.74) is 4.89. The Morgan fingerprint density at radius 1 is 1.58 bits per heavy atom. The Labute approximate surface area is 73.1 Å². The fourth-order valence-electron chi connectivity index (χ4n) is 0.797. The minimum absolute atomic E-state index is 0.170. The number of nitrogen functional groups attached to an aromatic ring is 1. The van der Waals surface area contributed by atoms with Crippen LogP contribution in [0.3, 0.4) is 0 Å². The lowest BCUT2D eigenvalue weighted by Crippen LogP contribution is -2.12. The number of phenols is 1. The molecule has 5 heteroatoms. The summed E-state index contributed by atoms with van der Waals surface area (Å²) < 4.78 is 12.7. The maximum atomic E-state index is 12.7. The number of benzene rings is 1. The van der Waals surface area contributed by atoms with Crippen LogP contribution in [-0.2, 0) is 0 Å². The van der Waals surface area contributed by atoms with Gasteiger partial charge in [0.25, 0.3) is 0 Å². The summed E-state index contributed by atoms with van der Waals surface area (Å²) in [5, 5.41) is 15.8. The summed E-state index contributed by atoms with van der Waals surface area (Å²) >= 11 is 5.44.